The number of halogens is 1. The van der Waals surface area contributed by atoms with Gasteiger partial charge in [-0.15, -0.1) is 0 Å². The van der Waals surface area contributed by atoms with Gasteiger partial charge in [0, 0.05) is 18.2 Å². The van der Waals surface area contributed by atoms with Crippen molar-refractivity contribution < 1.29 is 9.50 Å². The van der Waals surface area contributed by atoms with Crippen molar-refractivity contribution in [2.45, 2.75) is 52.6 Å². The maximum absolute atomic E-state index is 13.2. The molecular formula is C15H24FNO. The lowest BCUT2D eigenvalue weighted by Gasteiger charge is -2.28. The van der Waals surface area contributed by atoms with Gasteiger partial charge in [-0.3, -0.25) is 4.90 Å². The molecule has 0 aromatic heterocycles. The van der Waals surface area contributed by atoms with Crippen LogP contribution in [0.1, 0.15) is 45.6 Å². The lowest BCUT2D eigenvalue weighted by atomic mass is 10.1. The summed E-state index contributed by atoms with van der Waals surface area (Å²) in [5.41, 5.74) is 0.673. The Morgan fingerprint density at radius 2 is 2.06 bits per heavy atom. The van der Waals surface area contributed by atoms with Crippen LogP contribution < -0.4 is 0 Å². The summed E-state index contributed by atoms with van der Waals surface area (Å²) in [6, 6.07) is 4.59. The minimum atomic E-state index is -0.289. The Bertz CT molecular complexity index is 368. The average Bonchev–Trinajstić information content (AvgIpc) is 2.37. The van der Waals surface area contributed by atoms with E-state index in [1.165, 1.54) is 18.2 Å². The molecule has 1 unspecified atom stereocenters. The summed E-state index contributed by atoms with van der Waals surface area (Å²) in [4.78, 5) is 2.30. The zero-order valence-electron chi connectivity index (χ0n) is 11.6. The number of phenols is 1. The molecule has 0 amide bonds. The molecule has 0 saturated carbocycles. The van der Waals surface area contributed by atoms with Crippen molar-refractivity contribution in [3.05, 3.63) is 29.6 Å². The highest BCUT2D eigenvalue weighted by atomic mass is 19.1. The maximum Gasteiger partial charge on any atom is 0.123 e. The standard InChI is InChI=1S/C15H24FNO/c1-4-6-9-17(12(3)5-2)11-13-10-14(16)7-8-15(13)18/h7-8,10,12,18H,4-6,9,11H2,1-3H3. The van der Waals surface area contributed by atoms with Crippen LogP contribution in [0, 0.1) is 5.82 Å². The fraction of sp³-hybridized carbons (Fsp3) is 0.600. The molecule has 3 heteroatoms. The minimum Gasteiger partial charge on any atom is -0.508 e. The zero-order chi connectivity index (χ0) is 13.5. The molecule has 1 rings (SSSR count). The number of nitrogens with zero attached hydrogens (tertiary/aromatic N) is 1. The summed E-state index contributed by atoms with van der Waals surface area (Å²) in [6.45, 7) is 8.08. The highest BCUT2D eigenvalue weighted by molar-refractivity contribution is 5.32. The number of aromatic hydroxyl groups is 1. The Kier molecular flexibility index (Phi) is 6.13. The van der Waals surface area contributed by atoms with Gasteiger partial charge in [0.2, 0.25) is 0 Å². The maximum atomic E-state index is 13.2. The van der Waals surface area contributed by atoms with Crippen molar-refractivity contribution in [2.75, 3.05) is 6.54 Å². The van der Waals surface area contributed by atoms with Crippen LogP contribution in [0.5, 0.6) is 5.75 Å². The van der Waals surface area contributed by atoms with Gasteiger partial charge in [0.1, 0.15) is 11.6 Å². The zero-order valence-corrected chi connectivity index (χ0v) is 11.6. The first-order chi connectivity index (χ1) is 8.58. The molecule has 0 aliphatic carbocycles. The van der Waals surface area contributed by atoms with Crippen molar-refractivity contribution in [1.29, 1.82) is 0 Å². The molecule has 0 aliphatic rings. The first-order valence-electron chi connectivity index (χ1n) is 6.79. The van der Waals surface area contributed by atoms with Gasteiger partial charge in [0.05, 0.1) is 0 Å². The van der Waals surface area contributed by atoms with Crippen LogP contribution in [0.4, 0.5) is 4.39 Å². The van der Waals surface area contributed by atoms with E-state index in [0.717, 1.165) is 25.8 Å². The Balaban J connectivity index is 2.77. The van der Waals surface area contributed by atoms with E-state index < -0.39 is 0 Å². The van der Waals surface area contributed by atoms with Crippen LogP contribution in [-0.2, 0) is 6.54 Å². The van der Waals surface area contributed by atoms with E-state index in [9.17, 15) is 9.50 Å². The molecule has 1 aromatic carbocycles. The van der Waals surface area contributed by atoms with E-state index in [1.807, 2.05) is 0 Å². The molecule has 0 aliphatic heterocycles. The van der Waals surface area contributed by atoms with Gasteiger partial charge in [0.25, 0.3) is 0 Å². The number of rotatable bonds is 7. The monoisotopic (exact) mass is 253 g/mol. The normalized spacial score (nSPS) is 12.9. The van der Waals surface area contributed by atoms with Gasteiger partial charge in [-0.1, -0.05) is 20.3 Å². The third-order valence-electron chi connectivity index (χ3n) is 3.43. The first kappa shape index (κ1) is 15.0. The van der Waals surface area contributed by atoms with E-state index in [4.69, 9.17) is 0 Å². The summed E-state index contributed by atoms with van der Waals surface area (Å²) in [5.74, 6) is -0.108. The van der Waals surface area contributed by atoms with Gasteiger partial charge < -0.3 is 5.11 Å². The quantitative estimate of drug-likeness (QED) is 0.795. The van der Waals surface area contributed by atoms with Crippen molar-refractivity contribution in [3.63, 3.8) is 0 Å². The summed E-state index contributed by atoms with van der Waals surface area (Å²) < 4.78 is 13.2. The van der Waals surface area contributed by atoms with Crippen molar-refractivity contribution in [2.24, 2.45) is 0 Å². The molecule has 0 fully saturated rings. The van der Waals surface area contributed by atoms with Gasteiger partial charge in [-0.05, 0) is 44.5 Å². The third kappa shape index (κ3) is 4.30. The third-order valence-corrected chi connectivity index (χ3v) is 3.43. The van der Waals surface area contributed by atoms with Crippen LogP contribution in [0.3, 0.4) is 0 Å². The summed E-state index contributed by atoms with van der Waals surface area (Å²) in [7, 11) is 0. The van der Waals surface area contributed by atoms with Gasteiger partial charge in [-0.2, -0.15) is 0 Å². The fourth-order valence-corrected chi connectivity index (χ4v) is 1.97. The predicted molar refractivity (Wildman–Crippen MR) is 73.1 cm³/mol. The van der Waals surface area contributed by atoms with E-state index in [2.05, 4.69) is 25.7 Å². The largest absolute Gasteiger partial charge is 0.508 e. The molecule has 1 aromatic rings. The smallest absolute Gasteiger partial charge is 0.123 e. The molecule has 0 bridgehead atoms. The summed E-state index contributed by atoms with van der Waals surface area (Å²) in [6.07, 6.45) is 3.32. The molecule has 1 N–H and O–H groups in total. The van der Waals surface area contributed by atoms with E-state index in [1.54, 1.807) is 0 Å². The average molecular weight is 253 g/mol. The van der Waals surface area contributed by atoms with Gasteiger partial charge >= 0.3 is 0 Å². The Morgan fingerprint density at radius 3 is 2.67 bits per heavy atom. The summed E-state index contributed by atoms with van der Waals surface area (Å²) >= 11 is 0. The summed E-state index contributed by atoms with van der Waals surface area (Å²) in [5, 5.41) is 9.77. The minimum absolute atomic E-state index is 0.182. The van der Waals surface area contributed by atoms with Gasteiger partial charge in [-0.25, -0.2) is 4.39 Å². The topological polar surface area (TPSA) is 23.5 Å². The number of hydrogen-bond donors (Lipinski definition) is 1. The van der Waals surface area contributed by atoms with Crippen LogP contribution >= 0.6 is 0 Å². The first-order valence-corrected chi connectivity index (χ1v) is 6.79. The second-order valence-corrected chi connectivity index (χ2v) is 4.85. The molecular weight excluding hydrogens is 229 g/mol. The molecule has 0 heterocycles. The van der Waals surface area contributed by atoms with E-state index in [-0.39, 0.29) is 11.6 Å². The lowest BCUT2D eigenvalue weighted by Crippen LogP contribution is -2.33. The SMILES string of the molecule is CCCCN(Cc1cc(F)ccc1O)C(C)CC. The molecule has 18 heavy (non-hydrogen) atoms. The highest BCUT2D eigenvalue weighted by Crippen LogP contribution is 2.21. The fourth-order valence-electron chi connectivity index (χ4n) is 1.97. The molecule has 0 radical (unpaired) electrons. The second kappa shape index (κ2) is 7.37. The molecule has 0 saturated heterocycles. The van der Waals surface area contributed by atoms with Crippen molar-refractivity contribution >= 4 is 0 Å². The number of benzene rings is 1. The van der Waals surface area contributed by atoms with Crippen LogP contribution in [0.15, 0.2) is 18.2 Å². The number of phenolic OH excluding ortho intramolecular Hbond substituents is 1. The van der Waals surface area contributed by atoms with Crippen LogP contribution in [-0.4, -0.2) is 22.6 Å². The predicted octanol–water partition coefficient (Wildman–Crippen LogP) is 3.93. The van der Waals surface area contributed by atoms with Gasteiger partial charge in [0.15, 0.2) is 0 Å². The molecule has 0 spiro atoms. The molecule has 2 nitrogen and oxygen atoms in total. The molecule has 1 atom stereocenters. The second-order valence-electron chi connectivity index (χ2n) is 4.85. The Hall–Kier alpha value is -1.09. The van der Waals surface area contributed by atoms with Crippen molar-refractivity contribution in [3.8, 4) is 5.75 Å². The van der Waals surface area contributed by atoms with Crippen molar-refractivity contribution in [1.82, 2.24) is 4.90 Å². The lowest BCUT2D eigenvalue weighted by molar-refractivity contribution is 0.190. The number of hydrogen-bond acceptors (Lipinski definition) is 2. The van der Waals surface area contributed by atoms with Crippen LogP contribution in [0.25, 0.3) is 0 Å². The van der Waals surface area contributed by atoms with Crippen LogP contribution in [0.2, 0.25) is 0 Å². The Labute approximate surface area is 109 Å². The van der Waals surface area contributed by atoms with E-state index in [0.29, 0.717) is 18.2 Å². The number of unbranched alkanes of at least 4 members (excludes halogenated alkanes) is 1. The van der Waals surface area contributed by atoms with E-state index >= 15 is 0 Å². The Morgan fingerprint density at radius 1 is 1.33 bits per heavy atom. The highest BCUT2D eigenvalue weighted by Gasteiger charge is 2.14. The molecule has 102 valence electrons.